The minimum absolute atomic E-state index is 0.179. The smallest absolute Gasteiger partial charge is 0.259 e. The second-order valence-corrected chi connectivity index (χ2v) is 6.20. The molecule has 1 aromatic heterocycles. The monoisotopic (exact) mass is 271 g/mol. The molecule has 0 N–H and O–H groups in total. The summed E-state index contributed by atoms with van der Waals surface area (Å²) in [5, 5.41) is 0. The van der Waals surface area contributed by atoms with Gasteiger partial charge in [-0.3, -0.25) is 4.98 Å². The highest BCUT2D eigenvalue weighted by molar-refractivity contribution is 8.00. The molecule has 0 saturated carbocycles. The lowest BCUT2D eigenvalue weighted by molar-refractivity contribution is -0.0328. The van der Waals surface area contributed by atoms with E-state index in [9.17, 15) is 21.6 Å². The van der Waals surface area contributed by atoms with Crippen molar-refractivity contribution >= 4 is 21.6 Å². The lowest BCUT2D eigenvalue weighted by Gasteiger charge is -2.08. The standard InChI is InChI=1S/C8H8F3NO2S2/c1-5-7(16(2,13)14)3-6(4-12-5)15-8(9,10)11/h3-4H,1-2H3. The van der Waals surface area contributed by atoms with Crippen molar-refractivity contribution in [2.75, 3.05) is 6.26 Å². The third-order valence-electron chi connectivity index (χ3n) is 1.65. The Morgan fingerprint density at radius 3 is 2.38 bits per heavy atom. The number of sulfone groups is 1. The van der Waals surface area contributed by atoms with Gasteiger partial charge in [0.15, 0.2) is 9.84 Å². The second-order valence-electron chi connectivity index (χ2n) is 3.07. The average Bonchev–Trinajstić information content (AvgIpc) is 2.04. The largest absolute Gasteiger partial charge is 0.446 e. The Morgan fingerprint density at radius 1 is 1.38 bits per heavy atom. The highest BCUT2D eigenvalue weighted by atomic mass is 32.2. The van der Waals surface area contributed by atoms with E-state index >= 15 is 0 Å². The van der Waals surface area contributed by atoms with Crippen molar-refractivity contribution in [3.8, 4) is 0 Å². The Kier molecular flexibility index (Phi) is 3.53. The third kappa shape index (κ3) is 3.67. The summed E-state index contributed by atoms with van der Waals surface area (Å²) in [7, 11) is -3.55. The number of aryl methyl sites for hydroxylation is 1. The van der Waals surface area contributed by atoms with Gasteiger partial charge in [-0.2, -0.15) is 13.2 Å². The van der Waals surface area contributed by atoms with E-state index in [1.807, 2.05) is 0 Å². The maximum atomic E-state index is 12.1. The van der Waals surface area contributed by atoms with Gasteiger partial charge in [0.1, 0.15) is 0 Å². The van der Waals surface area contributed by atoms with Gasteiger partial charge in [0.05, 0.1) is 10.6 Å². The summed E-state index contributed by atoms with van der Waals surface area (Å²) in [6.45, 7) is 1.43. The zero-order valence-corrected chi connectivity index (χ0v) is 10.0. The fourth-order valence-corrected chi connectivity index (χ4v) is 2.61. The number of alkyl halides is 3. The van der Waals surface area contributed by atoms with Crippen molar-refractivity contribution < 1.29 is 21.6 Å². The molecule has 0 spiro atoms. The Balaban J connectivity index is 3.19. The highest BCUT2D eigenvalue weighted by Gasteiger charge is 2.30. The molecule has 8 heteroatoms. The van der Waals surface area contributed by atoms with E-state index in [2.05, 4.69) is 4.98 Å². The molecule has 0 atom stereocenters. The minimum Gasteiger partial charge on any atom is -0.259 e. The van der Waals surface area contributed by atoms with E-state index in [1.165, 1.54) is 6.92 Å². The number of hydrogen-bond acceptors (Lipinski definition) is 4. The van der Waals surface area contributed by atoms with Crippen LogP contribution in [-0.4, -0.2) is 25.2 Å². The number of pyridine rings is 1. The maximum Gasteiger partial charge on any atom is 0.446 e. The van der Waals surface area contributed by atoms with E-state index < -0.39 is 15.3 Å². The Labute approximate surface area is 95.0 Å². The lowest BCUT2D eigenvalue weighted by atomic mass is 10.4. The van der Waals surface area contributed by atoms with Crippen LogP contribution in [-0.2, 0) is 9.84 Å². The summed E-state index contributed by atoms with van der Waals surface area (Å²) in [5.41, 5.74) is -4.26. The van der Waals surface area contributed by atoms with Crippen LogP contribution in [0.2, 0.25) is 0 Å². The molecule has 16 heavy (non-hydrogen) atoms. The quantitative estimate of drug-likeness (QED) is 0.775. The zero-order valence-electron chi connectivity index (χ0n) is 8.37. The van der Waals surface area contributed by atoms with Gasteiger partial charge in [0.25, 0.3) is 0 Å². The maximum absolute atomic E-state index is 12.1. The number of nitrogens with zero attached hydrogens (tertiary/aromatic N) is 1. The molecule has 0 aliphatic rings. The molecule has 0 unspecified atom stereocenters. The topological polar surface area (TPSA) is 47.0 Å². The molecule has 0 aliphatic carbocycles. The Morgan fingerprint density at radius 2 is 1.94 bits per heavy atom. The summed E-state index contributed by atoms with van der Waals surface area (Å²) in [5.74, 6) is 0. The van der Waals surface area contributed by atoms with E-state index in [1.54, 1.807) is 0 Å². The first-order chi connectivity index (χ1) is 7.09. The van der Waals surface area contributed by atoms with Crippen LogP contribution >= 0.6 is 11.8 Å². The predicted octanol–water partition coefficient (Wildman–Crippen LogP) is 2.41. The molecule has 0 aliphatic heterocycles. The first kappa shape index (κ1) is 13.3. The van der Waals surface area contributed by atoms with Crippen LogP contribution in [0.15, 0.2) is 22.1 Å². The van der Waals surface area contributed by atoms with Crippen molar-refractivity contribution in [2.24, 2.45) is 0 Å². The van der Waals surface area contributed by atoms with Crippen LogP contribution in [0.3, 0.4) is 0 Å². The van der Waals surface area contributed by atoms with E-state index in [0.717, 1.165) is 18.5 Å². The first-order valence-electron chi connectivity index (χ1n) is 4.02. The van der Waals surface area contributed by atoms with Gasteiger partial charge >= 0.3 is 5.51 Å². The van der Waals surface area contributed by atoms with Crippen molar-refractivity contribution in [3.05, 3.63) is 18.0 Å². The molecule has 1 aromatic rings. The fourth-order valence-electron chi connectivity index (χ4n) is 1.06. The van der Waals surface area contributed by atoms with Crippen molar-refractivity contribution in [1.82, 2.24) is 4.98 Å². The van der Waals surface area contributed by atoms with Crippen molar-refractivity contribution in [1.29, 1.82) is 0 Å². The molecule has 1 heterocycles. The number of halogens is 3. The molecular formula is C8H8F3NO2S2. The average molecular weight is 271 g/mol. The minimum atomic E-state index is -4.45. The molecule has 90 valence electrons. The van der Waals surface area contributed by atoms with E-state index in [4.69, 9.17) is 0 Å². The zero-order chi connectivity index (χ0) is 12.6. The van der Waals surface area contributed by atoms with Crippen molar-refractivity contribution in [3.63, 3.8) is 0 Å². The number of thioether (sulfide) groups is 1. The SMILES string of the molecule is Cc1ncc(SC(F)(F)F)cc1S(C)(=O)=O. The fraction of sp³-hybridized carbons (Fsp3) is 0.375. The van der Waals surface area contributed by atoms with E-state index in [0.29, 0.717) is 0 Å². The molecule has 0 saturated heterocycles. The normalized spacial score (nSPS) is 12.8. The molecule has 0 radical (unpaired) electrons. The number of rotatable bonds is 2. The second kappa shape index (κ2) is 4.25. The molecular weight excluding hydrogens is 263 g/mol. The molecule has 1 rings (SSSR count). The number of aromatic nitrogens is 1. The van der Waals surface area contributed by atoms with Gasteiger partial charge < -0.3 is 0 Å². The van der Waals surface area contributed by atoms with Crippen LogP contribution in [0, 0.1) is 6.92 Å². The van der Waals surface area contributed by atoms with Crippen LogP contribution in [0.25, 0.3) is 0 Å². The summed E-state index contributed by atoms with van der Waals surface area (Å²) in [6, 6.07) is 0.982. The van der Waals surface area contributed by atoms with Crippen LogP contribution < -0.4 is 0 Å². The molecule has 3 nitrogen and oxygen atoms in total. The number of hydrogen-bond donors (Lipinski definition) is 0. The van der Waals surface area contributed by atoms with Gasteiger partial charge in [0.2, 0.25) is 0 Å². The van der Waals surface area contributed by atoms with Gasteiger partial charge in [0, 0.05) is 17.3 Å². The summed E-state index contributed by atoms with van der Waals surface area (Å²) >= 11 is -0.387. The summed E-state index contributed by atoms with van der Waals surface area (Å²) in [4.78, 5) is 3.21. The van der Waals surface area contributed by atoms with Crippen LogP contribution in [0.5, 0.6) is 0 Å². The molecule has 0 amide bonds. The summed E-state index contributed by atoms with van der Waals surface area (Å²) < 4.78 is 58.6. The molecule has 0 aromatic carbocycles. The Bertz CT molecular complexity index is 496. The molecule has 0 bridgehead atoms. The van der Waals surface area contributed by atoms with E-state index in [-0.39, 0.29) is 27.2 Å². The predicted molar refractivity (Wildman–Crippen MR) is 54.0 cm³/mol. The third-order valence-corrected chi connectivity index (χ3v) is 3.55. The van der Waals surface area contributed by atoms with Crippen LogP contribution in [0.4, 0.5) is 13.2 Å². The highest BCUT2D eigenvalue weighted by Crippen LogP contribution is 2.37. The van der Waals surface area contributed by atoms with Crippen LogP contribution in [0.1, 0.15) is 5.69 Å². The lowest BCUT2D eigenvalue weighted by Crippen LogP contribution is -2.04. The van der Waals surface area contributed by atoms with Gasteiger partial charge in [-0.1, -0.05) is 0 Å². The van der Waals surface area contributed by atoms with Gasteiger partial charge in [-0.15, -0.1) is 0 Å². The van der Waals surface area contributed by atoms with Gasteiger partial charge in [-0.25, -0.2) is 8.42 Å². The summed E-state index contributed by atoms with van der Waals surface area (Å²) in [6.07, 6.45) is 1.93. The first-order valence-corrected chi connectivity index (χ1v) is 6.73. The van der Waals surface area contributed by atoms with Gasteiger partial charge in [-0.05, 0) is 24.8 Å². The molecule has 0 fully saturated rings. The Hall–Kier alpha value is -0.760. The van der Waals surface area contributed by atoms with Crippen molar-refractivity contribution in [2.45, 2.75) is 22.2 Å².